The molecule has 17 heavy (non-hydrogen) atoms. The van der Waals surface area contributed by atoms with Gasteiger partial charge in [-0.05, 0) is 6.42 Å². The van der Waals surface area contributed by atoms with Gasteiger partial charge in [-0.25, -0.2) is 4.98 Å². The molecule has 6 heteroatoms. The van der Waals surface area contributed by atoms with Crippen LogP contribution in [0.15, 0.2) is 6.07 Å². The van der Waals surface area contributed by atoms with Gasteiger partial charge in [-0.15, -0.1) is 0 Å². The third-order valence-electron chi connectivity index (χ3n) is 2.53. The van der Waals surface area contributed by atoms with E-state index < -0.39 is 0 Å². The molecule has 0 aliphatic carbocycles. The van der Waals surface area contributed by atoms with Crippen molar-refractivity contribution in [2.45, 2.75) is 13.0 Å². The Morgan fingerprint density at radius 3 is 3.12 bits per heavy atom. The zero-order valence-electron chi connectivity index (χ0n) is 9.89. The molecule has 1 aromatic heterocycles. The minimum absolute atomic E-state index is 0.327. The lowest BCUT2D eigenvalue weighted by molar-refractivity contribution is 0.162. The van der Waals surface area contributed by atoms with Crippen molar-refractivity contribution in [3.05, 3.63) is 11.9 Å². The summed E-state index contributed by atoms with van der Waals surface area (Å²) in [6.45, 7) is 2.50. The van der Waals surface area contributed by atoms with E-state index in [1.165, 1.54) is 0 Å². The Hall–Kier alpha value is -1.40. The Morgan fingerprint density at radius 1 is 1.53 bits per heavy atom. The molecule has 1 aromatic rings. The number of hydrogen-bond acceptors (Lipinski definition) is 6. The lowest BCUT2D eigenvalue weighted by atomic mass is 10.1. The first-order chi connectivity index (χ1) is 8.28. The molecule has 0 radical (unpaired) electrons. The van der Waals surface area contributed by atoms with Crippen LogP contribution in [0.2, 0.25) is 0 Å². The molecule has 94 valence electrons. The van der Waals surface area contributed by atoms with E-state index >= 15 is 0 Å². The van der Waals surface area contributed by atoms with E-state index in [0.717, 1.165) is 19.6 Å². The number of anilines is 1. The molecule has 0 amide bonds. The van der Waals surface area contributed by atoms with Gasteiger partial charge in [-0.1, -0.05) is 0 Å². The quantitative estimate of drug-likeness (QED) is 0.811. The molecule has 1 atom stereocenters. The maximum absolute atomic E-state index is 5.66. The van der Waals surface area contributed by atoms with Crippen molar-refractivity contribution in [1.29, 1.82) is 0 Å². The van der Waals surface area contributed by atoms with Crippen LogP contribution in [0.3, 0.4) is 0 Å². The second-order valence-electron chi connectivity index (χ2n) is 4.02. The highest BCUT2D eigenvalue weighted by Crippen LogP contribution is 2.16. The predicted octanol–water partition coefficient (Wildman–Crippen LogP) is 0.621. The average molecular weight is 239 g/mol. The van der Waals surface area contributed by atoms with Crippen molar-refractivity contribution in [2.75, 3.05) is 32.7 Å². The Bertz CT molecular complexity index is 367. The van der Waals surface area contributed by atoms with Crippen LogP contribution in [-0.4, -0.2) is 36.9 Å². The second kappa shape index (κ2) is 5.79. The van der Waals surface area contributed by atoms with Crippen molar-refractivity contribution >= 4 is 5.82 Å². The number of nitrogens with zero attached hydrogens (tertiary/aromatic N) is 2. The SMILES string of the molecule is COCc1nc(N)cc(OCC2CCOC2)n1. The van der Waals surface area contributed by atoms with Crippen LogP contribution in [0.25, 0.3) is 0 Å². The molecule has 1 aliphatic rings. The first-order valence-corrected chi connectivity index (χ1v) is 5.61. The lowest BCUT2D eigenvalue weighted by Crippen LogP contribution is -2.13. The Labute approximate surface area is 100 Å². The summed E-state index contributed by atoms with van der Waals surface area (Å²) in [4.78, 5) is 8.25. The van der Waals surface area contributed by atoms with Crippen molar-refractivity contribution in [1.82, 2.24) is 9.97 Å². The second-order valence-corrected chi connectivity index (χ2v) is 4.02. The van der Waals surface area contributed by atoms with Gasteiger partial charge in [-0.2, -0.15) is 4.98 Å². The fraction of sp³-hybridized carbons (Fsp3) is 0.636. The molecule has 2 N–H and O–H groups in total. The molecule has 0 bridgehead atoms. The van der Waals surface area contributed by atoms with E-state index in [-0.39, 0.29) is 0 Å². The van der Waals surface area contributed by atoms with E-state index in [1.807, 2.05) is 0 Å². The normalized spacial score (nSPS) is 19.5. The minimum atomic E-state index is 0.327. The molecule has 0 saturated carbocycles. The molecule has 2 rings (SSSR count). The molecule has 1 saturated heterocycles. The Morgan fingerprint density at radius 2 is 2.41 bits per heavy atom. The highest BCUT2D eigenvalue weighted by molar-refractivity contribution is 5.32. The predicted molar refractivity (Wildman–Crippen MR) is 61.6 cm³/mol. The molecule has 0 spiro atoms. The fourth-order valence-corrected chi connectivity index (χ4v) is 1.68. The molecular weight excluding hydrogens is 222 g/mol. The van der Waals surface area contributed by atoms with E-state index in [4.69, 9.17) is 19.9 Å². The van der Waals surface area contributed by atoms with Gasteiger partial charge in [0.15, 0.2) is 5.82 Å². The monoisotopic (exact) mass is 239 g/mol. The molecule has 1 unspecified atom stereocenters. The van der Waals surface area contributed by atoms with Gasteiger partial charge in [0, 0.05) is 25.7 Å². The summed E-state index contributed by atoms with van der Waals surface area (Å²) in [5.74, 6) is 1.86. The van der Waals surface area contributed by atoms with Crippen LogP contribution < -0.4 is 10.5 Å². The molecular formula is C11H17N3O3. The van der Waals surface area contributed by atoms with Crippen LogP contribution in [0.4, 0.5) is 5.82 Å². The lowest BCUT2D eigenvalue weighted by Gasteiger charge is -2.10. The van der Waals surface area contributed by atoms with Crippen molar-refractivity contribution < 1.29 is 14.2 Å². The van der Waals surface area contributed by atoms with Gasteiger partial charge >= 0.3 is 0 Å². The zero-order chi connectivity index (χ0) is 12.1. The van der Waals surface area contributed by atoms with Crippen LogP contribution in [0, 0.1) is 5.92 Å². The van der Waals surface area contributed by atoms with Crippen LogP contribution in [-0.2, 0) is 16.1 Å². The van der Waals surface area contributed by atoms with Crippen LogP contribution >= 0.6 is 0 Å². The summed E-state index contributed by atoms with van der Waals surface area (Å²) in [5.41, 5.74) is 5.66. The standard InChI is InChI=1S/C11H17N3O3/c1-15-7-10-13-9(12)4-11(14-10)17-6-8-2-3-16-5-8/h4,8H,2-3,5-7H2,1H3,(H2,12,13,14). The minimum Gasteiger partial charge on any atom is -0.477 e. The maximum Gasteiger partial charge on any atom is 0.218 e. The van der Waals surface area contributed by atoms with Gasteiger partial charge in [0.1, 0.15) is 12.4 Å². The van der Waals surface area contributed by atoms with E-state index in [9.17, 15) is 0 Å². The number of rotatable bonds is 5. The first-order valence-electron chi connectivity index (χ1n) is 5.61. The van der Waals surface area contributed by atoms with Gasteiger partial charge in [0.05, 0.1) is 13.2 Å². The van der Waals surface area contributed by atoms with Crippen molar-refractivity contribution in [3.63, 3.8) is 0 Å². The fourth-order valence-electron chi connectivity index (χ4n) is 1.68. The van der Waals surface area contributed by atoms with Crippen LogP contribution in [0.1, 0.15) is 12.2 Å². The topological polar surface area (TPSA) is 79.5 Å². The summed E-state index contributed by atoms with van der Waals surface area (Å²) >= 11 is 0. The molecule has 1 fully saturated rings. The van der Waals surface area contributed by atoms with Crippen molar-refractivity contribution in [2.24, 2.45) is 5.92 Å². The van der Waals surface area contributed by atoms with Gasteiger partial charge in [0.2, 0.25) is 5.88 Å². The number of hydrogen-bond donors (Lipinski definition) is 1. The van der Waals surface area contributed by atoms with Gasteiger partial charge in [0.25, 0.3) is 0 Å². The Balaban J connectivity index is 1.94. The third kappa shape index (κ3) is 3.54. The van der Waals surface area contributed by atoms with Crippen molar-refractivity contribution in [3.8, 4) is 5.88 Å². The highest BCUT2D eigenvalue weighted by atomic mass is 16.5. The number of nitrogen functional groups attached to an aromatic ring is 1. The molecule has 1 aliphatic heterocycles. The Kier molecular flexibility index (Phi) is 4.11. The summed E-state index contributed by atoms with van der Waals surface area (Å²) < 4.78 is 15.8. The largest absolute Gasteiger partial charge is 0.477 e. The first kappa shape index (κ1) is 12.1. The summed E-state index contributed by atoms with van der Waals surface area (Å²) in [5, 5.41) is 0. The number of ether oxygens (including phenoxy) is 3. The van der Waals surface area contributed by atoms with Gasteiger partial charge in [-0.3, -0.25) is 0 Å². The summed E-state index contributed by atoms with van der Waals surface area (Å²) in [6, 6.07) is 1.62. The van der Waals surface area contributed by atoms with E-state index in [0.29, 0.717) is 36.7 Å². The smallest absolute Gasteiger partial charge is 0.218 e. The zero-order valence-corrected chi connectivity index (χ0v) is 9.89. The van der Waals surface area contributed by atoms with Crippen LogP contribution in [0.5, 0.6) is 5.88 Å². The summed E-state index contributed by atoms with van der Waals surface area (Å²) in [6.07, 6.45) is 1.03. The number of nitrogens with two attached hydrogens (primary N) is 1. The number of methoxy groups -OCH3 is 1. The average Bonchev–Trinajstić information content (AvgIpc) is 2.79. The molecule has 2 heterocycles. The van der Waals surface area contributed by atoms with E-state index in [1.54, 1.807) is 13.2 Å². The molecule has 0 aromatic carbocycles. The van der Waals surface area contributed by atoms with Gasteiger partial charge < -0.3 is 19.9 Å². The molecule has 6 nitrogen and oxygen atoms in total. The summed E-state index contributed by atoms with van der Waals surface area (Å²) in [7, 11) is 1.59. The number of aromatic nitrogens is 2. The third-order valence-corrected chi connectivity index (χ3v) is 2.53. The maximum atomic E-state index is 5.66. The highest BCUT2D eigenvalue weighted by Gasteiger charge is 2.16. The van der Waals surface area contributed by atoms with E-state index in [2.05, 4.69) is 9.97 Å².